The topological polar surface area (TPSA) is 66.5 Å². The Labute approximate surface area is 118 Å². The van der Waals surface area contributed by atoms with Crippen molar-refractivity contribution in [3.63, 3.8) is 0 Å². The first-order chi connectivity index (χ1) is 9.54. The van der Waals surface area contributed by atoms with Gasteiger partial charge < -0.3 is 0 Å². The van der Waals surface area contributed by atoms with Crippen molar-refractivity contribution in [2.24, 2.45) is 5.92 Å². The zero-order valence-corrected chi connectivity index (χ0v) is 11.7. The number of aryl methyl sites for hydroxylation is 1. The third-order valence-electron chi connectivity index (χ3n) is 3.52. The van der Waals surface area contributed by atoms with Gasteiger partial charge in [-0.3, -0.25) is 19.8 Å². The fraction of sp³-hybridized carbons (Fsp3) is 0.400. The third-order valence-corrected chi connectivity index (χ3v) is 3.52. The SMILES string of the molecule is CCCC1C(=O)NC(=O)N(Cc2ccccc2C)C1=O. The molecule has 0 bridgehead atoms. The molecule has 2 rings (SSSR count). The number of nitrogens with one attached hydrogen (secondary N) is 1. The molecule has 1 fully saturated rings. The number of carbonyl (C=O) groups is 3. The molecule has 1 aromatic carbocycles. The summed E-state index contributed by atoms with van der Waals surface area (Å²) in [5.41, 5.74) is 1.91. The fourth-order valence-corrected chi connectivity index (χ4v) is 2.31. The molecule has 1 heterocycles. The molecule has 1 atom stereocenters. The van der Waals surface area contributed by atoms with Gasteiger partial charge in [-0.2, -0.15) is 0 Å². The molecule has 1 saturated heterocycles. The maximum atomic E-state index is 12.3. The predicted molar refractivity (Wildman–Crippen MR) is 73.7 cm³/mol. The molecule has 20 heavy (non-hydrogen) atoms. The van der Waals surface area contributed by atoms with Crippen molar-refractivity contribution < 1.29 is 14.4 Å². The van der Waals surface area contributed by atoms with E-state index in [-0.39, 0.29) is 6.54 Å². The first-order valence-electron chi connectivity index (χ1n) is 6.75. The lowest BCUT2D eigenvalue weighted by Gasteiger charge is -2.30. The van der Waals surface area contributed by atoms with Crippen LogP contribution in [-0.4, -0.2) is 22.7 Å². The van der Waals surface area contributed by atoms with Gasteiger partial charge in [0.05, 0.1) is 6.54 Å². The molecule has 1 unspecified atom stereocenters. The van der Waals surface area contributed by atoms with Gasteiger partial charge in [0, 0.05) is 0 Å². The van der Waals surface area contributed by atoms with Crippen LogP contribution in [0.15, 0.2) is 24.3 Å². The molecule has 0 spiro atoms. The summed E-state index contributed by atoms with van der Waals surface area (Å²) in [4.78, 5) is 37.0. The van der Waals surface area contributed by atoms with Crippen LogP contribution in [0, 0.1) is 12.8 Å². The van der Waals surface area contributed by atoms with E-state index in [9.17, 15) is 14.4 Å². The minimum Gasteiger partial charge on any atom is -0.277 e. The summed E-state index contributed by atoms with van der Waals surface area (Å²) in [5.74, 6) is -1.63. The molecule has 4 amide bonds. The Balaban J connectivity index is 2.22. The summed E-state index contributed by atoms with van der Waals surface area (Å²) >= 11 is 0. The van der Waals surface area contributed by atoms with Gasteiger partial charge in [-0.25, -0.2) is 4.79 Å². The lowest BCUT2D eigenvalue weighted by molar-refractivity contribution is -0.143. The van der Waals surface area contributed by atoms with Crippen molar-refractivity contribution in [1.82, 2.24) is 10.2 Å². The van der Waals surface area contributed by atoms with Crippen LogP contribution in [0.2, 0.25) is 0 Å². The van der Waals surface area contributed by atoms with E-state index in [1.165, 1.54) is 0 Å². The van der Waals surface area contributed by atoms with Gasteiger partial charge >= 0.3 is 6.03 Å². The number of hydrogen-bond donors (Lipinski definition) is 1. The second-order valence-electron chi connectivity index (χ2n) is 4.99. The van der Waals surface area contributed by atoms with Crippen molar-refractivity contribution in [1.29, 1.82) is 0 Å². The highest BCUT2D eigenvalue weighted by Gasteiger charge is 2.39. The van der Waals surface area contributed by atoms with Crippen LogP contribution in [0.3, 0.4) is 0 Å². The Morgan fingerprint density at radius 3 is 2.55 bits per heavy atom. The first kappa shape index (κ1) is 14.2. The second kappa shape index (κ2) is 5.86. The zero-order valence-electron chi connectivity index (χ0n) is 11.7. The number of imide groups is 2. The van der Waals surface area contributed by atoms with Crippen LogP contribution >= 0.6 is 0 Å². The highest BCUT2D eigenvalue weighted by molar-refractivity contribution is 6.16. The van der Waals surface area contributed by atoms with E-state index < -0.39 is 23.8 Å². The summed E-state index contributed by atoms with van der Waals surface area (Å²) in [6.07, 6.45) is 1.18. The minimum absolute atomic E-state index is 0.199. The zero-order chi connectivity index (χ0) is 14.7. The van der Waals surface area contributed by atoms with Gasteiger partial charge in [0.15, 0.2) is 0 Å². The Bertz CT molecular complexity index is 554. The van der Waals surface area contributed by atoms with Crippen molar-refractivity contribution >= 4 is 17.8 Å². The van der Waals surface area contributed by atoms with Crippen molar-refractivity contribution in [3.05, 3.63) is 35.4 Å². The Hall–Kier alpha value is -2.17. The molecule has 0 saturated carbocycles. The number of hydrogen-bond acceptors (Lipinski definition) is 3. The van der Waals surface area contributed by atoms with E-state index in [2.05, 4.69) is 5.32 Å². The number of carbonyl (C=O) groups excluding carboxylic acids is 3. The number of amides is 4. The second-order valence-corrected chi connectivity index (χ2v) is 4.99. The number of urea groups is 1. The number of benzene rings is 1. The average Bonchev–Trinajstić information content (AvgIpc) is 2.41. The molecule has 106 valence electrons. The van der Waals surface area contributed by atoms with Crippen LogP contribution in [0.5, 0.6) is 0 Å². The van der Waals surface area contributed by atoms with Gasteiger partial charge in [0.1, 0.15) is 5.92 Å². The van der Waals surface area contributed by atoms with Crippen molar-refractivity contribution in [2.45, 2.75) is 33.2 Å². The first-order valence-corrected chi connectivity index (χ1v) is 6.75. The Morgan fingerprint density at radius 2 is 1.90 bits per heavy atom. The molecule has 1 N–H and O–H groups in total. The molecule has 5 heteroatoms. The number of barbiturate groups is 1. The minimum atomic E-state index is -0.748. The summed E-state index contributed by atoms with van der Waals surface area (Å²) in [7, 11) is 0. The van der Waals surface area contributed by atoms with Crippen LogP contribution in [0.1, 0.15) is 30.9 Å². The molecule has 1 aliphatic heterocycles. The maximum Gasteiger partial charge on any atom is 0.331 e. The highest BCUT2D eigenvalue weighted by Crippen LogP contribution is 2.19. The van der Waals surface area contributed by atoms with Gasteiger partial charge in [0.25, 0.3) is 0 Å². The molecule has 0 aliphatic carbocycles. The predicted octanol–water partition coefficient (Wildman–Crippen LogP) is 1.99. The third kappa shape index (κ3) is 2.71. The van der Waals surface area contributed by atoms with E-state index in [4.69, 9.17) is 0 Å². The number of nitrogens with zero attached hydrogens (tertiary/aromatic N) is 1. The molecular formula is C15H18N2O3. The van der Waals surface area contributed by atoms with Crippen LogP contribution in [0.25, 0.3) is 0 Å². The van der Waals surface area contributed by atoms with Crippen LogP contribution in [0.4, 0.5) is 4.79 Å². The fourth-order valence-electron chi connectivity index (χ4n) is 2.31. The molecule has 1 aliphatic rings. The summed E-state index contributed by atoms with van der Waals surface area (Å²) in [5, 5.41) is 2.26. The molecule has 1 aromatic rings. The van der Waals surface area contributed by atoms with Gasteiger partial charge in [-0.1, -0.05) is 37.6 Å². The normalized spacial score (nSPS) is 19.2. The Morgan fingerprint density at radius 1 is 1.20 bits per heavy atom. The van der Waals surface area contributed by atoms with Crippen molar-refractivity contribution in [2.75, 3.05) is 0 Å². The molecule has 5 nitrogen and oxygen atoms in total. The van der Waals surface area contributed by atoms with Gasteiger partial charge in [-0.15, -0.1) is 0 Å². The van der Waals surface area contributed by atoms with Crippen LogP contribution in [-0.2, 0) is 16.1 Å². The van der Waals surface area contributed by atoms with E-state index >= 15 is 0 Å². The van der Waals surface area contributed by atoms with E-state index in [0.717, 1.165) is 22.4 Å². The molecule has 0 aromatic heterocycles. The summed E-state index contributed by atoms with van der Waals surface area (Å²) < 4.78 is 0. The quantitative estimate of drug-likeness (QED) is 0.854. The van der Waals surface area contributed by atoms with Gasteiger partial charge in [-0.05, 0) is 24.5 Å². The van der Waals surface area contributed by atoms with E-state index in [1.54, 1.807) is 0 Å². The Kier molecular flexibility index (Phi) is 4.17. The lowest BCUT2D eigenvalue weighted by atomic mass is 9.98. The summed E-state index contributed by atoms with van der Waals surface area (Å²) in [6.45, 7) is 4.03. The molecular weight excluding hydrogens is 256 g/mol. The number of rotatable bonds is 4. The lowest BCUT2D eigenvalue weighted by Crippen LogP contribution is -2.57. The average molecular weight is 274 g/mol. The maximum absolute atomic E-state index is 12.3. The monoisotopic (exact) mass is 274 g/mol. The standard InChI is InChI=1S/C15H18N2O3/c1-3-6-12-13(18)16-15(20)17(14(12)19)9-11-8-5-4-7-10(11)2/h4-5,7-8,12H,3,6,9H2,1-2H3,(H,16,18,20). The van der Waals surface area contributed by atoms with Gasteiger partial charge in [0.2, 0.25) is 11.8 Å². The smallest absolute Gasteiger partial charge is 0.277 e. The molecule has 0 radical (unpaired) electrons. The summed E-state index contributed by atoms with van der Waals surface area (Å²) in [6, 6.07) is 6.94. The highest BCUT2D eigenvalue weighted by atomic mass is 16.2. The van der Waals surface area contributed by atoms with Crippen LogP contribution < -0.4 is 5.32 Å². The largest absolute Gasteiger partial charge is 0.331 e. The van der Waals surface area contributed by atoms with E-state index in [0.29, 0.717) is 6.42 Å². The van der Waals surface area contributed by atoms with Crippen molar-refractivity contribution in [3.8, 4) is 0 Å². The van der Waals surface area contributed by atoms with E-state index in [1.807, 2.05) is 38.1 Å².